The summed E-state index contributed by atoms with van der Waals surface area (Å²) in [5.74, 6) is -2.54. The lowest BCUT2D eigenvalue weighted by Crippen LogP contribution is -2.57. The number of fused-ring (bicyclic) bond motifs is 7. The minimum Gasteiger partial charge on any atom is -0.456 e. The van der Waals surface area contributed by atoms with Crippen LogP contribution in [-0.2, 0) is 28.7 Å². The molecular weight excluding hydrogens is 504 g/mol. The van der Waals surface area contributed by atoms with Gasteiger partial charge in [-0.3, -0.25) is 19.2 Å². The largest absolute Gasteiger partial charge is 0.456 e. The molecule has 4 atom stereocenters. The van der Waals surface area contributed by atoms with Crippen molar-refractivity contribution < 1.29 is 28.7 Å². The Balaban J connectivity index is 2.55. The molecule has 2 bridgehead atoms. The molecule has 4 amide bonds. The lowest BCUT2D eigenvalue weighted by atomic mass is 10.0. The first kappa shape index (κ1) is 29.8. The smallest absolute Gasteiger partial charge is 0.329 e. The van der Waals surface area contributed by atoms with Gasteiger partial charge in [0.15, 0.2) is 0 Å². The van der Waals surface area contributed by atoms with E-state index in [0.29, 0.717) is 12.2 Å². The molecule has 10 nitrogen and oxygen atoms in total. The number of nitrogens with one attached hydrogen (secondary N) is 4. The minimum atomic E-state index is -1.00. The second-order valence-corrected chi connectivity index (χ2v) is 11.9. The molecule has 0 aromatic heterocycles. The zero-order valence-electron chi connectivity index (χ0n) is 21.3. The standard InChI is InChI=1S/C24H36N4O6S2/c1-6-16-21(30)28-20(14(4)5)24(33)34-15-9-7-8-10-35-36-12-17(22(31)25-16)26-23(32)19(13(2)3)27-18(29)11-15/h6-7,9,13-15,17,19-20H,8,10-12H2,1-5H3,(H,25,31)(H,26,32)(H,27,29)(H,28,30)/b9-7-,16-6-/t15-,17+,19+,20-/m0/s1. The number of rotatable bonds is 2. The van der Waals surface area contributed by atoms with Gasteiger partial charge in [-0.1, -0.05) is 61.4 Å². The first-order valence-corrected chi connectivity index (χ1v) is 14.5. The Kier molecular flexibility index (Phi) is 11.8. The van der Waals surface area contributed by atoms with Crippen LogP contribution in [-0.4, -0.2) is 65.3 Å². The first-order chi connectivity index (χ1) is 17.0. The summed E-state index contributed by atoms with van der Waals surface area (Å²) in [5, 5.41) is 10.7. The molecule has 2 rings (SSSR count). The van der Waals surface area contributed by atoms with Crippen LogP contribution in [0.2, 0.25) is 0 Å². The van der Waals surface area contributed by atoms with Crippen molar-refractivity contribution in [3.05, 3.63) is 23.9 Å². The predicted octanol–water partition coefficient (Wildman–Crippen LogP) is 1.43. The fourth-order valence-electron chi connectivity index (χ4n) is 3.50. The van der Waals surface area contributed by atoms with Crippen LogP contribution in [0.5, 0.6) is 0 Å². The van der Waals surface area contributed by atoms with Gasteiger partial charge in [0.1, 0.15) is 29.9 Å². The highest BCUT2D eigenvalue weighted by molar-refractivity contribution is 8.76. The Labute approximate surface area is 220 Å². The molecule has 12 heteroatoms. The van der Waals surface area contributed by atoms with E-state index in [1.807, 2.05) is 6.08 Å². The van der Waals surface area contributed by atoms with Crippen molar-refractivity contribution in [1.29, 1.82) is 0 Å². The van der Waals surface area contributed by atoms with Crippen molar-refractivity contribution in [3.8, 4) is 0 Å². The summed E-state index contributed by atoms with van der Waals surface area (Å²) >= 11 is 0. The lowest BCUT2D eigenvalue weighted by molar-refractivity contribution is -0.153. The first-order valence-electron chi connectivity index (χ1n) is 12.0. The quantitative estimate of drug-likeness (QED) is 0.178. The zero-order chi connectivity index (χ0) is 26.8. The van der Waals surface area contributed by atoms with Crippen molar-refractivity contribution in [1.82, 2.24) is 21.3 Å². The molecule has 2 aliphatic heterocycles. The van der Waals surface area contributed by atoms with E-state index in [4.69, 9.17) is 4.74 Å². The van der Waals surface area contributed by atoms with Gasteiger partial charge in [0.05, 0.1) is 6.42 Å². The Morgan fingerprint density at radius 1 is 0.944 bits per heavy atom. The van der Waals surface area contributed by atoms with Crippen LogP contribution in [0.25, 0.3) is 0 Å². The lowest BCUT2D eigenvalue weighted by Gasteiger charge is -2.27. The van der Waals surface area contributed by atoms with E-state index in [1.165, 1.54) is 27.7 Å². The van der Waals surface area contributed by atoms with Crippen molar-refractivity contribution in [2.75, 3.05) is 11.5 Å². The van der Waals surface area contributed by atoms with Crippen LogP contribution >= 0.6 is 21.6 Å². The second-order valence-electron chi connectivity index (χ2n) is 9.24. The van der Waals surface area contributed by atoms with Gasteiger partial charge in [-0.2, -0.15) is 0 Å². The van der Waals surface area contributed by atoms with Crippen LogP contribution < -0.4 is 21.3 Å². The summed E-state index contributed by atoms with van der Waals surface area (Å²) in [4.78, 5) is 65.2. The summed E-state index contributed by atoms with van der Waals surface area (Å²) in [7, 11) is 2.95. The van der Waals surface area contributed by atoms with Crippen LogP contribution in [0.3, 0.4) is 0 Å². The molecule has 1 fully saturated rings. The van der Waals surface area contributed by atoms with Gasteiger partial charge in [-0.05, 0) is 31.3 Å². The van der Waals surface area contributed by atoms with Gasteiger partial charge < -0.3 is 26.0 Å². The van der Waals surface area contributed by atoms with E-state index in [0.717, 1.165) is 0 Å². The highest BCUT2D eigenvalue weighted by atomic mass is 33.1. The predicted molar refractivity (Wildman–Crippen MR) is 141 cm³/mol. The number of hydrogen-bond donors (Lipinski definition) is 4. The average Bonchev–Trinajstić information content (AvgIpc) is 2.81. The molecule has 36 heavy (non-hydrogen) atoms. The fourth-order valence-corrected chi connectivity index (χ4v) is 5.66. The topological polar surface area (TPSA) is 143 Å². The van der Waals surface area contributed by atoms with E-state index in [1.54, 1.807) is 40.7 Å². The summed E-state index contributed by atoms with van der Waals surface area (Å²) in [6.07, 6.45) is 4.51. The normalized spacial score (nSPS) is 29.6. The van der Waals surface area contributed by atoms with Crippen molar-refractivity contribution >= 4 is 51.2 Å². The monoisotopic (exact) mass is 540 g/mol. The number of amides is 4. The number of carbonyl (C=O) groups is 5. The third kappa shape index (κ3) is 8.88. The molecule has 0 aromatic carbocycles. The molecule has 2 heterocycles. The molecular formula is C24H36N4O6S2. The molecule has 0 aliphatic carbocycles. The highest BCUT2D eigenvalue weighted by Crippen LogP contribution is 2.24. The maximum absolute atomic E-state index is 13.2. The van der Waals surface area contributed by atoms with Gasteiger partial charge in [-0.15, -0.1) is 0 Å². The summed E-state index contributed by atoms with van der Waals surface area (Å²) in [6, 6.07) is -2.86. The Morgan fingerprint density at radius 3 is 2.28 bits per heavy atom. The Morgan fingerprint density at radius 2 is 1.64 bits per heavy atom. The molecule has 0 radical (unpaired) electrons. The second kappa shape index (κ2) is 14.3. The molecule has 200 valence electrons. The SMILES string of the molecule is C/C=C1\NC(=O)[C@H]2CSSCC/C=C\[C@@H](CC(=O)N[C@H](C(C)C)C(=O)N2)OC(=O)[C@H](C(C)C)NC1=O. The number of hydrogen-bond acceptors (Lipinski definition) is 8. The molecule has 0 aromatic rings. The minimum absolute atomic E-state index is 0.0445. The molecule has 0 spiro atoms. The maximum Gasteiger partial charge on any atom is 0.329 e. The highest BCUT2D eigenvalue weighted by Gasteiger charge is 2.33. The van der Waals surface area contributed by atoms with Crippen LogP contribution in [0, 0.1) is 11.8 Å². The van der Waals surface area contributed by atoms with E-state index in [-0.39, 0.29) is 29.7 Å². The fraction of sp³-hybridized carbons (Fsp3) is 0.625. The Hall–Kier alpha value is -2.47. The van der Waals surface area contributed by atoms with Crippen LogP contribution in [0.1, 0.15) is 47.5 Å². The molecule has 0 saturated carbocycles. The number of ether oxygens (including phenoxy) is 1. The Bertz CT molecular complexity index is 905. The molecule has 1 saturated heterocycles. The van der Waals surface area contributed by atoms with E-state index >= 15 is 0 Å². The summed E-state index contributed by atoms with van der Waals surface area (Å²) < 4.78 is 5.65. The maximum atomic E-state index is 13.2. The molecule has 0 unspecified atom stereocenters. The van der Waals surface area contributed by atoms with Crippen molar-refractivity contribution in [3.63, 3.8) is 0 Å². The third-order valence-electron chi connectivity index (χ3n) is 5.59. The van der Waals surface area contributed by atoms with E-state index in [9.17, 15) is 24.0 Å². The van der Waals surface area contributed by atoms with Crippen molar-refractivity contribution in [2.45, 2.75) is 71.7 Å². The van der Waals surface area contributed by atoms with Gasteiger partial charge in [-0.25, -0.2) is 4.79 Å². The van der Waals surface area contributed by atoms with Crippen LogP contribution in [0.15, 0.2) is 23.9 Å². The van der Waals surface area contributed by atoms with Crippen molar-refractivity contribution in [2.24, 2.45) is 11.8 Å². The zero-order valence-corrected chi connectivity index (χ0v) is 22.9. The van der Waals surface area contributed by atoms with Gasteiger partial charge in [0.2, 0.25) is 17.7 Å². The number of esters is 1. The van der Waals surface area contributed by atoms with Gasteiger partial charge in [0, 0.05) is 11.5 Å². The molecule has 2 aliphatic rings. The van der Waals surface area contributed by atoms with Gasteiger partial charge in [0.25, 0.3) is 5.91 Å². The third-order valence-corrected chi connectivity index (χ3v) is 8.03. The summed E-state index contributed by atoms with van der Waals surface area (Å²) in [5.41, 5.74) is -0.0445. The van der Waals surface area contributed by atoms with Crippen LogP contribution in [0.4, 0.5) is 0 Å². The van der Waals surface area contributed by atoms with E-state index < -0.39 is 53.8 Å². The number of allylic oxidation sites excluding steroid dienone is 2. The average molecular weight is 541 g/mol. The molecule has 4 N–H and O–H groups in total. The summed E-state index contributed by atoms with van der Waals surface area (Å²) in [6.45, 7) is 8.66. The van der Waals surface area contributed by atoms with Gasteiger partial charge >= 0.3 is 5.97 Å². The number of carbonyl (C=O) groups excluding carboxylic acids is 5. The van der Waals surface area contributed by atoms with E-state index in [2.05, 4.69) is 21.3 Å².